The Balaban J connectivity index is 1.63. The Morgan fingerprint density at radius 3 is 2.48 bits per heavy atom. The van der Waals surface area contributed by atoms with Crippen LogP contribution in [0.25, 0.3) is 16.6 Å². The zero-order chi connectivity index (χ0) is 23.4. The average Bonchev–Trinajstić information content (AvgIpc) is 3.26. The lowest BCUT2D eigenvalue weighted by Crippen LogP contribution is -2.39. The summed E-state index contributed by atoms with van der Waals surface area (Å²) < 4.78 is 34.1. The van der Waals surface area contributed by atoms with Crippen molar-refractivity contribution in [1.82, 2.24) is 15.1 Å². The van der Waals surface area contributed by atoms with Crippen LogP contribution in [0.4, 0.5) is 8.78 Å². The van der Waals surface area contributed by atoms with Gasteiger partial charge in [-0.25, -0.2) is 13.5 Å². The molecule has 4 rings (SSSR count). The first-order valence-electron chi connectivity index (χ1n) is 10.8. The van der Waals surface area contributed by atoms with Gasteiger partial charge in [0.05, 0.1) is 23.4 Å². The Hall–Kier alpha value is -3.74. The van der Waals surface area contributed by atoms with E-state index in [4.69, 9.17) is 4.74 Å². The normalized spacial score (nSPS) is 13.0. The van der Waals surface area contributed by atoms with Crippen LogP contribution in [-0.4, -0.2) is 28.4 Å². The Bertz CT molecular complexity index is 1240. The van der Waals surface area contributed by atoms with E-state index in [9.17, 15) is 13.6 Å². The molecule has 0 aliphatic heterocycles. The molecular formula is C26H25F2N3O2. The van der Waals surface area contributed by atoms with Gasteiger partial charge in [0, 0.05) is 5.39 Å². The van der Waals surface area contributed by atoms with Crippen molar-refractivity contribution in [3.05, 3.63) is 89.9 Å². The van der Waals surface area contributed by atoms with Gasteiger partial charge in [-0.15, -0.1) is 0 Å². The summed E-state index contributed by atoms with van der Waals surface area (Å²) in [4.78, 5) is 11.7. The molecule has 0 spiro atoms. The maximum Gasteiger partial charge on any atom is 0.251 e. The van der Waals surface area contributed by atoms with E-state index < -0.39 is 24.7 Å². The highest BCUT2D eigenvalue weighted by Gasteiger charge is 2.23. The molecule has 0 saturated heterocycles. The quantitative estimate of drug-likeness (QED) is 0.396. The molecule has 7 heteroatoms. The van der Waals surface area contributed by atoms with E-state index in [0.29, 0.717) is 5.75 Å². The van der Waals surface area contributed by atoms with Gasteiger partial charge in [0.1, 0.15) is 17.7 Å². The minimum Gasteiger partial charge on any atom is -0.484 e. The molecule has 1 amide bonds. The SMILES string of the molecule is CCc1ccc(C(Oc2ccc3c(cnn3-c3ccc(F)cc3)c2)C(C)NC(=O)CF)cc1. The monoisotopic (exact) mass is 449 g/mol. The molecule has 0 aliphatic rings. The van der Waals surface area contributed by atoms with Crippen LogP contribution in [0.15, 0.2) is 72.9 Å². The first-order chi connectivity index (χ1) is 16.0. The van der Waals surface area contributed by atoms with E-state index in [-0.39, 0.29) is 5.82 Å². The summed E-state index contributed by atoms with van der Waals surface area (Å²) in [5, 5.41) is 7.92. The topological polar surface area (TPSA) is 56.1 Å². The number of aryl methyl sites for hydroxylation is 1. The van der Waals surface area contributed by atoms with Crippen LogP contribution in [0.1, 0.15) is 31.1 Å². The number of hydrogen-bond acceptors (Lipinski definition) is 3. The fourth-order valence-electron chi connectivity index (χ4n) is 3.79. The largest absolute Gasteiger partial charge is 0.484 e. The number of carbonyl (C=O) groups excluding carboxylic acids is 1. The van der Waals surface area contributed by atoms with Crippen molar-refractivity contribution >= 4 is 16.8 Å². The van der Waals surface area contributed by atoms with Crippen molar-refractivity contribution < 1.29 is 18.3 Å². The van der Waals surface area contributed by atoms with E-state index in [1.807, 2.05) is 42.5 Å². The number of nitrogens with zero attached hydrogens (tertiary/aromatic N) is 2. The van der Waals surface area contributed by atoms with Crippen molar-refractivity contribution in [2.24, 2.45) is 0 Å². The summed E-state index contributed by atoms with van der Waals surface area (Å²) >= 11 is 0. The van der Waals surface area contributed by atoms with Gasteiger partial charge in [-0.1, -0.05) is 31.2 Å². The molecule has 5 nitrogen and oxygen atoms in total. The third-order valence-electron chi connectivity index (χ3n) is 5.55. The molecule has 3 aromatic carbocycles. The van der Waals surface area contributed by atoms with Crippen molar-refractivity contribution in [3.63, 3.8) is 0 Å². The highest BCUT2D eigenvalue weighted by atomic mass is 19.1. The molecule has 0 bridgehead atoms. The predicted molar refractivity (Wildman–Crippen MR) is 124 cm³/mol. The molecule has 2 unspecified atom stereocenters. The van der Waals surface area contributed by atoms with Gasteiger partial charge in [-0.3, -0.25) is 4.79 Å². The van der Waals surface area contributed by atoms with E-state index >= 15 is 0 Å². The molecule has 0 fully saturated rings. The summed E-state index contributed by atoms with van der Waals surface area (Å²) in [7, 11) is 0. The first-order valence-corrected chi connectivity index (χ1v) is 10.8. The third-order valence-corrected chi connectivity index (χ3v) is 5.55. The van der Waals surface area contributed by atoms with Crippen molar-refractivity contribution in [2.75, 3.05) is 6.67 Å². The highest BCUT2D eigenvalue weighted by Crippen LogP contribution is 2.29. The van der Waals surface area contributed by atoms with Gasteiger partial charge in [0.2, 0.25) is 0 Å². The lowest BCUT2D eigenvalue weighted by Gasteiger charge is -2.26. The zero-order valence-electron chi connectivity index (χ0n) is 18.5. The molecule has 0 aliphatic carbocycles. The molecule has 1 aromatic heterocycles. The predicted octanol–water partition coefficient (Wildman–Crippen LogP) is 5.32. The zero-order valence-corrected chi connectivity index (χ0v) is 18.5. The molecule has 1 N–H and O–H groups in total. The molecule has 0 saturated carbocycles. The summed E-state index contributed by atoms with van der Waals surface area (Å²) in [5.41, 5.74) is 3.65. The summed E-state index contributed by atoms with van der Waals surface area (Å²) in [6.45, 7) is 2.78. The number of alkyl halides is 1. The van der Waals surface area contributed by atoms with Crippen LogP contribution in [0, 0.1) is 5.82 Å². The molecule has 0 radical (unpaired) electrons. The van der Waals surface area contributed by atoms with Crippen molar-refractivity contribution in [3.8, 4) is 11.4 Å². The molecule has 170 valence electrons. The lowest BCUT2D eigenvalue weighted by atomic mass is 10.0. The van der Waals surface area contributed by atoms with Crippen LogP contribution >= 0.6 is 0 Å². The first kappa shape index (κ1) is 22.5. The molecule has 1 heterocycles. The van der Waals surface area contributed by atoms with E-state index in [1.54, 1.807) is 29.9 Å². The minimum absolute atomic E-state index is 0.308. The van der Waals surface area contributed by atoms with Crippen LogP contribution in [0.2, 0.25) is 0 Å². The van der Waals surface area contributed by atoms with Crippen molar-refractivity contribution in [1.29, 1.82) is 0 Å². The lowest BCUT2D eigenvalue weighted by molar-refractivity contribution is -0.123. The number of ether oxygens (including phenoxy) is 1. The second-order valence-electron chi connectivity index (χ2n) is 7.88. The maximum atomic E-state index is 13.3. The van der Waals surface area contributed by atoms with Gasteiger partial charge in [-0.05, 0) is 66.9 Å². The summed E-state index contributed by atoms with van der Waals surface area (Å²) in [6, 6.07) is 19.2. The maximum absolute atomic E-state index is 13.3. The number of rotatable bonds is 8. The Morgan fingerprint density at radius 2 is 1.82 bits per heavy atom. The molecule has 33 heavy (non-hydrogen) atoms. The fraction of sp³-hybridized carbons (Fsp3) is 0.231. The van der Waals surface area contributed by atoms with E-state index in [1.165, 1.54) is 17.7 Å². The number of amides is 1. The van der Waals surface area contributed by atoms with Crippen LogP contribution in [-0.2, 0) is 11.2 Å². The number of benzene rings is 3. The summed E-state index contributed by atoms with van der Waals surface area (Å²) in [6.07, 6.45) is 2.11. The second-order valence-corrected chi connectivity index (χ2v) is 7.88. The van der Waals surface area contributed by atoms with Crippen molar-refractivity contribution in [2.45, 2.75) is 32.4 Å². The molecular weight excluding hydrogens is 424 g/mol. The number of halogens is 2. The second kappa shape index (κ2) is 9.81. The van der Waals surface area contributed by atoms with Gasteiger partial charge in [-0.2, -0.15) is 5.10 Å². The van der Waals surface area contributed by atoms with E-state index in [2.05, 4.69) is 17.3 Å². The number of fused-ring (bicyclic) bond motifs is 1. The standard InChI is InChI=1S/C26H25F2N3O2/c1-3-18-4-6-19(7-5-18)26(17(2)30-25(32)15-27)33-23-12-13-24-20(14-23)16-29-31(24)22-10-8-21(28)9-11-22/h4-14,16-17,26H,3,15H2,1-2H3,(H,30,32). The van der Waals surface area contributed by atoms with Gasteiger partial charge < -0.3 is 10.1 Å². The number of carbonyl (C=O) groups is 1. The smallest absolute Gasteiger partial charge is 0.251 e. The number of nitrogens with one attached hydrogen (secondary N) is 1. The van der Waals surface area contributed by atoms with Crippen LogP contribution in [0.3, 0.4) is 0 Å². The third kappa shape index (κ3) is 5.03. The average molecular weight is 450 g/mol. The summed E-state index contributed by atoms with van der Waals surface area (Å²) in [5.74, 6) is -0.401. The Kier molecular flexibility index (Phi) is 6.68. The minimum atomic E-state index is -1.08. The number of hydrogen-bond donors (Lipinski definition) is 1. The Morgan fingerprint density at radius 1 is 1.09 bits per heavy atom. The fourth-order valence-corrected chi connectivity index (χ4v) is 3.79. The van der Waals surface area contributed by atoms with E-state index in [0.717, 1.165) is 28.6 Å². The van der Waals surface area contributed by atoms with Gasteiger partial charge >= 0.3 is 0 Å². The molecule has 2 atom stereocenters. The van der Waals surface area contributed by atoms with Gasteiger partial charge in [0.25, 0.3) is 5.91 Å². The van der Waals surface area contributed by atoms with Gasteiger partial charge in [0.15, 0.2) is 6.67 Å². The highest BCUT2D eigenvalue weighted by molar-refractivity contribution is 5.81. The molecule has 4 aromatic rings. The van der Waals surface area contributed by atoms with Crippen LogP contribution in [0.5, 0.6) is 5.75 Å². The van der Waals surface area contributed by atoms with Crippen LogP contribution < -0.4 is 10.1 Å². The number of aromatic nitrogens is 2. The Labute approximate surface area is 191 Å².